The summed E-state index contributed by atoms with van der Waals surface area (Å²) in [6, 6.07) is 18.0. The minimum atomic E-state index is 0.00672. The lowest BCUT2D eigenvalue weighted by Crippen LogP contribution is -2.49. The molecule has 3 aliphatic rings. The number of ether oxygens (including phenoxy) is 3. The van der Waals surface area contributed by atoms with Gasteiger partial charge in [0.15, 0.2) is 5.58 Å². The lowest BCUT2D eigenvalue weighted by atomic mass is 10.0. The van der Waals surface area contributed by atoms with Crippen LogP contribution in [0.3, 0.4) is 0 Å². The predicted molar refractivity (Wildman–Crippen MR) is 157 cm³/mol. The quantitative estimate of drug-likeness (QED) is 0.321. The maximum absolute atomic E-state index is 13.5. The van der Waals surface area contributed by atoms with Crippen molar-refractivity contribution in [3.8, 4) is 34.3 Å². The number of hydrogen-bond donors (Lipinski definition) is 1. The summed E-state index contributed by atoms with van der Waals surface area (Å²) in [5, 5.41) is 13.4. The second-order valence-electron chi connectivity index (χ2n) is 11.1. The molecule has 3 aliphatic heterocycles. The average molecular weight is 565 g/mol. The smallest absolute Gasteiger partial charge is 0.254 e. The maximum atomic E-state index is 13.5. The number of benzene rings is 2. The summed E-state index contributed by atoms with van der Waals surface area (Å²) >= 11 is 0. The summed E-state index contributed by atoms with van der Waals surface area (Å²) in [5.41, 5.74) is 5.74. The molecule has 2 bridgehead atoms. The number of methoxy groups -OCH3 is 1. The van der Waals surface area contributed by atoms with Gasteiger partial charge in [0.2, 0.25) is 0 Å². The van der Waals surface area contributed by atoms with Gasteiger partial charge in [-0.15, -0.1) is 0 Å². The first-order valence-corrected chi connectivity index (χ1v) is 14.5. The van der Waals surface area contributed by atoms with Gasteiger partial charge in [-0.05, 0) is 67.6 Å². The third kappa shape index (κ3) is 4.77. The van der Waals surface area contributed by atoms with Gasteiger partial charge >= 0.3 is 0 Å². The fourth-order valence-electron chi connectivity index (χ4n) is 6.43. The number of nitrogens with zero attached hydrogens (tertiary/aromatic N) is 3. The largest absolute Gasteiger partial charge is 0.496 e. The van der Waals surface area contributed by atoms with Gasteiger partial charge in [-0.1, -0.05) is 6.07 Å². The molecule has 7 rings (SSSR count). The van der Waals surface area contributed by atoms with E-state index in [-0.39, 0.29) is 24.0 Å². The van der Waals surface area contributed by atoms with E-state index in [0.29, 0.717) is 47.0 Å². The Labute approximate surface area is 244 Å². The summed E-state index contributed by atoms with van der Waals surface area (Å²) in [5.74, 6) is 1.15. The number of furan rings is 1. The van der Waals surface area contributed by atoms with Crippen molar-refractivity contribution in [3.05, 3.63) is 65.9 Å². The minimum absolute atomic E-state index is 0.00672. The van der Waals surface area contributed by atoms with E-state index in [1.54, 1.807) is 19.4 Å². The van der Waals surface area contributed by atoms with E-state index in [1.165, 1.54) is 0 Å². The Morgan fingerprint density at radius 2 is 1.81 bits per heavy atom. The van der Waals surface area contributed by atoms with Crippen LogP contribution < -0.4 is 10.1 Å². The lowest BCUT2D eigenvalue weighted by molar-refractivity contribution is -0.00717. The number of rotatable bonds is 6. The number of fused-ring (bicyclic) bond motifs is 3. The normalized spacial score (nSPS) is 20.4. The molecule has 2 aromatic carbocycles. The van der Waals surface area contributed by atoms with Crippen LogP contribution >= 0.6 is 0 Å². The van der Waals surface area contributed by atoms with Crippen LogP contribution in [0, 0.1) is 11.3 Å². The summed E-state index contributed by atoms with van der Waals surface area (Å²) < 4.78 is 23.3. The zero-order valence-corrected chi connectivity index (χ0v) is 23.5. The van der Waals surface area contributed by atoms with Crippen molar-refractivity contribution in [3.63, 3.8) is 0 Å². The highest BCUT2D eigenvalue weighted by Crippen LogP contribution is 2.39. The van der Waals surface area contributed by atoms with Gasteiger partial charge in [0.25, 0.3) is 5.91 Å². The molecule has 3 saturated heterocycles. The van der Waals surface area contributed by atoms with E-state index in [9.17, 15) is 10.1 Å². The molecule has 4 aromatic rings. The summed E-state index contributed by atoms with van der Waals surface area (Å²) in [6.07, 6.45) is 5.53. The van der Waals surface area contributed by atoms with Gasteiger partial charge in [0, 0.05) is 42.6 Å². The van der Waals surface area contributed by atoms with E-state index >= 15 is 0 Å². The average Bonchev–Trinajstić information content (AvgIpc) is 3.58. The Kier molecular flexibility index (Phi) is 7.02. The van der Waals surface area contributed by atoms with Crippen LogP contribution in [0.4, 0.5) is 5.69 Å². The number of nitriles is 1. The number of morpholine rings is 1. The van der Waals surface area contributed by atoms with Crippen LogP contribution in [-0.2, 0) is 9.47 Å². The van der Waals surface area contributed by atoms with Crippen LogP contribution in [0.5, 0.6) is 5.75 Å². The number of aromatic nitrogens is 1. The van der Waals surface area contributed by atoms with Crippen LogP contribution in [0.2, 0.25) is 0 Å². The number of nitrogens with one attached hydrogen (secondary N) is 1. The SMILES string of the molecule is COc1cc(C(=O)N2C3CCC2COC3)ccc1-c1cc2nccc(-c3ccc(NC4CCOCC4)c(C#N)c3)c2o1. The van der Waals surface area contributed by atoms with E-state index < -0.39 is 0 Å². The topological polar surface area (TPSA) is 110 Å². The number of pyridine rings is 1. The van der Waals surface area contributed by atoms with Crippen LogP contribution in [0.15, 0.2) is 59.1 Å². The molecule has 2 aromatic heterocycles. The molecule has 9 nitrogen and oxygen atoms in total. The third-order valence-electron chi connectivity index (χ3n) is 8.63. The van der Waals surface area contributed by atoms with Gasteiger partial charge in [-0.25, -0.2) is 0 Å². The van der Waals surface area contributed by atoms with Crippen molar-refractivity contribution < 1.29 is 23.4 Å². The molecule has 1 N–H and O–H groups in total. The molecule has 9 heteroatoms. The van der Waals surface area contributed by atoms with Gasteiger partial charge < -0.3 is 28.8 Å². The van der Waals surface area contributed by atoms with E-state index in [1.807, 2.05) is 47.4 Å². The Bertz CT molecular complexity index is 1670. The fourth-order valence-corrected chi connectivity index (χ4v) is 6.43. The molecule has 42 heavy (non-hydrogen) atoms. The van der Waals surface area contributed by atoms with Crippen molar-refractivity contribution in [2.45, 2.75) is 43.8 Å². The molecular weight excluding hydrogens is 532 g/mol. The van der Waals surface area contributed by atoms with Crippen molar-refractivity contribution >= 4 is 22.7 Å². The first-order valence-electron chi connectivity index (χ1n) is 14.5. The standard InChI is InChI=1S/C33H32N4O5/c1-39-30-15-21(33(38)37-24-4-5-25(37)19-41-18-24)2-6-27(30)31-16-29-32(42-31)26(8-11-35-29)20-3-7-28(22(14-20)17-34)36-23-9-12-40-13-10-23/h2-3,6-8,11,14-16,23-25,36H,4-5,9-10,12-13,18-19H2,1H3. The lowest BCUT2D eigenvalue weighted by Gasteiger charge is -2.34. The second kappa shape index (κ2) is 11.1. The molecule has 3 fully saturated rings. The molecule has 2 atom stereocenters. The zero-order valence-electron chi connectivity index (χ0n) is 23.5. The Morgan fingerprint density at radius 3 is 2.57 bits per heavy atom. The van der Waals surface area contributed by atoms with Crippen LogP contribution in [0.1, 0.15) is 41.6 Å². The first-order chi connectivity index (χ1) is 20.6. The maximum Gasteiger partial charge on any atom is 0.254 e. The predicted octanol–water partition coefficient (Wildman–Crippen LogP) is 5.64. The summed E-state index contributed by atoms with van der Waals surface area (Å²) in [7, 11) is 1.59. The first kappa shape index (κ1) is 26.5. The molecule has 1 amide bonds. The second-order valence-corrected chi connectivity index (χ2v) is 11.1. The summed E-state index contributed by atoms with van der Waals surface area (Å²) in [4.78, 5) is 20.0. The van der Waals surface area contributed by atoms with Gasteiger partial charge in [-0.2, -0.15) is 5.26 Å². The monoisotopic (exact) mass is 564 g/mol. The van der Waals surface area contributed by atoms with Crippen molar-refractivity contribution in [1.82, 2.24) is 9.88 Å². The molecule has 0 spiro atoms. The Hall–Kier alpha value is -4.39. The van der Waals surface area contributed by atoms with Crippen LogP contribution in [-0.4, -0.2) is 67.5 Å². The molecule has 5 heterocycles. The van der Waals surface area contributed by atoms with Crippen LogP contribution in [0.25, 0.3) is 33.6 Å². The fraction of sp³-hybridized carbons (Fsp3) is 0.364. The number of anilines is 1. The number of amides is 1. The number of hydrogen-bond acceptors (Lipinski definition) is 8. The Balaban J connectivity index is 1.19. The van der Waals surface area contributed by atoms with E-state index in [2.05, 4.69) is 16.4 Å². The van der Waals surface area contributed by atoms with Gasteiger partial charge in [0.05, 0.1) is 49.2 Å². The van der Waals surface area contributed by atoms with Crippen molar-refractivity contribution in [2.24, 2.45) is 0 Å². The Morgan fingerprint density at radius 1 is 1.00 bits per heavy atom. The molecule has 214 valence electrons. The van der Waals surface area contributed by atoms with E-state index in [4.69, 9.17) is 18.6 Å². The minimum Gasteiger partial charge on any atom is -0.496 e. The number of carbonyl (C=O) groups excluding carboxylic acids is 1. The number of carbonyl (C=O) groups is 1. The van der Waals surface area contributed by atoms with Gasteiger partial charge in [-0.3, -0.25) is 9.78 Å². The molecular formula is C33H32N4O5. The van der Waals surface area contributed by atoms with E-state index in [0.717, 1.165) is 61.3 Å². The molecule has 0 saturated carbocycles. The highest BCUT2D eigenvalue weighted by molar-refractivity contribution is 5.97. The highest BCUT2D eigenvalue weighted by atomic mass is 16.5. The molecule has 0 aliphatic carbocycles. The highest BCUT2D eigenvalue weighted by Gasteiger charge is 2.40. The van der Waals surface area contributed by atoms with Crippen molar-refractivity contribution in [1.29, 1.82) is 5.26 Å². The molecule has 0 radical (unpaired) electrons. The third-order valence-corrected chi connectivity index (χ3v) is 8.63. The van der Waals surface area contributed by atoms with Crippen molar-refractivity contribution in [2.75, 3.05) is 38.9 Å². The summed E-state index contributed by atoms with van der Waals surface area (Å²) in [6.45, 7) is 2.64. The molecule has 2 unspecified atom stereocenters. The zero-order chi connectivity index (χ0) is 28.6. The van der Waals surface area contributed by atoms with Gasteiger partial charge in [0.1, 0.15) is 23.1 Å².